The normalized spacial score (nSPS) is 17.5. The molecule has 41 heavy (non-hydrogen) atoms. The van der Waals surface area contributed by atoms with Crippen LogP contribution in [0.4, 0.5) is 0 Å². The summed E-state index contributed by atoms with van der Waals surface area (Å²) in [7, 11) is 0. The van der Waals surface area contributed by atoms with Crippen LogP contribution in [0.1, 0.15) is 34.7 Å². The number of esters is 1. The molecule has 1 N–H and O–H groups in total. The van der Waals surface area contributed by atoms with E-state index in [1.54, 1.807) is 6.92 Å². The fourth-order valence-electron chi connectivity index (χ4n) is 6.03. The molecular formula is C35H32ClNO4. The molecule has 2 aliphatic carbocycles. The topological polar surface area (TPSA) is 64.6 Å². The molecule has 2 aliphatic rings. The first-order valence-electron chi connectivity index (χ1n) is 14.1. The number of benzene rings is 4. The number of fused-ring (bicyclic) bond motifs is 2. The molecule has 0 heterocycles. The van der Waals surface area contributed by atoms with Crippen molar-refractivity contribution in [3.8, 4) is 16.9 Å². The number of ether oxygens (including phenoxy) is 2. The van der Waals surface area contributed by atoms with E-state index in [1.165, 1.54) is 11.1 Å². The molecule has 0 aliphatic heterocycles. The van der Waals surface area contributed by atoms with Crippen LogP contribution in [0.25, 0.3) is 11.1 Å². The summed E-state index contributed by atoms with van der Waals surface area (Å²) in [4.78, 5) is 26.5. The highest BCUT2D eigenvalue weighted by molar-refractivity contribution is 6.30. The fraction of sp³-hybridized carbons (Fsp3) is 0.257. The lowest BCUT2D eigenvalue weighted by molar-refractivity contribution is -0.153. The van der Waals surface area contributed by atoms with Crippen molar-refractivity contribution >= 4 is 23.5 Å². The Bertz CT molecular complexity index is 1560. The first kappa shape index (κ1) is 27.1. The Labute approximate surface area is 245 Å². The Kier molecular flexibility index (Phi) is 7.55. The molecule has 5 nitrogen and oxygen atoms in total. The monoisotopic (exact) mass is 565 g/mol. The standard InChI is InChI=1S/C35H32ClNO4/c1-2-40-34(39)35(21-28-10-9-27(18-29(28)22-35)24-11-13-30(36)14-12-24)37-33(38)17-23-7-15-31(16-8-23)41-32-19-25-5-3-4-6-26(25)20-32/h3-16,18,32H,2,17,19-22H2,1H3,(H,37,38). The summed E-state index contributed by atoms with van der Waals surface area (Å²) in [6.07, 6.45) is 2.85. The third-order valence-corrected chi connectivity index (χ3v) is 8.27. The molecule has 208 valence electrons. The van der Waals surface area contributed by atoms with E-state index in [-0.39, 0.29) is 25.0 Å². The van der Waals surface area contributed by atoms with Crippen LogP contribution in [0.3, 0.4) is 0 Å². The number of hydrogen-bond donors (Lipinski definition) is 1. The van der Waals surface area contributed by atoms with Gasteiger partial charge in [-0.05, 0) is 70.1 Å². The van der Waals surface area contributed by atoms with Gasteiger partial charge in [-0.25, -0.2) is 4.79 Å². The van der Waals surface area contributed by atoms with Crippen LogP contribution in [-0.2, 0) is 46.4 Å². The van der Waals surface area contributed by atoms with Crippen molar-refractivity contribution in [3.05, 3.63) is 124 Å². The van der Waals surface area contributed by atoms with Gasteiger partial charge in [0.25, 0.3) is 0 Å². The van der Waals surface area contributed by atoms with Gasteiger partial charge in [-0.1, -0.05) is 78.3 Å². The Balaban J connectivity index is 1.12. The van der Waals surface area contributed by atoms with E-state index < -0.39 is 11.5 Å². The van der Waals surface area contributed by atoms with Crippen molar-refractivity contribution in [3.63, 3.8) is 0 Å². The highest BCUT2D eigenvalue weighted by Crippen LogP contribution is 2.35. The third-order valence-electron chi connectivity index (χ3n) is 8.02. The van der Waals surface area contributed by atoms with Crippen molar-refractivity contribution in [2.45, 2.75) is 50.7 Å². The molecule has 1 amide bonds. The average molecular weight is 566 g/mol. The highest BCUT2D eigenvalue weighted by atomic mass is 35.5. The number of amides is 1. The zero-order valence-electron chi connectivity index (χ0n) is 23.0. The van der Waals surface area contributed by atoms with Crippen LogP contribution >= 0.6 is 11.6 Å². The van der Waals surface area contributed by atoms with Gasteiger partial charge >= 0.3 is 5.97 Å². The molecule has 4 aromatic carbocycles. The van der Waals surface area contributed by atoms with Crippen LogP contribution in [0.15, 0.2) is 91.0 Å². The van der Waals surface area contributed by atoms with E-state index in [0.29, 0.717) is 17.9 Å². The summed E-state index contributed by atoms with van der Waals surface area (Å²) in [6, 6.07) is 29.9. The van der Waals surface area contributed by atoms with Gasteiger partial charge in [0, 0.05) is 30.7 Å². The smallest absolute Gasteiger partial charge is 0.332 e. The minimum atomic E-state index is -1.13. The first-order chi connectivity index (χ1) is 19.9. The van der Waals surface area contributed by atoms with Gasteiger partial charge in [0.05, 0.1) is 13.0 Å². The van der Waals surface area contributed by atoms with Crippen LogP contribution in [0.2, 0.25) is 5.02 Å². The van der Waals surface area contributed by atoms with Crippen molar-refractivity contribution < 1.29 is 19.1 Å². The number of carbonyl (C=O) groups excluding carboxylic acids is 2. The summed E-state index contributed by atoms with van der Waals surface area (Å²) in [5, 5.41) is 3.74. The maximum atomic E-state index is 13.3. The second-order valence-electron chi connectivity index (χ2n) is 10.9. The lowest BCUT2D eigenvalue weighted by Crippen LogP contribution is -2.56. The van der Waals surface area contributed by atoms with Crippen LogP contribution in [0.5, 0.6) is 5.75 Å². The number of carbonyl (C=O) groups is 2. The molecule has 0 bridgehead atoms. The maximum Gasteiger partial charge on any atom is 0.332 e. The summed E-state index contributed by atoms with van der Waals surface area (Å²) in [6.45, 7) is 2.03. The van der Waals surface area contributed by atoms with E-state index >= 15 is 0 Å². The second kappa shape index (κ2) is 11.4. The molecule has 4 aromatic rings. The average Bonchev–Trinajstić information content (AvgIpc) is 3.55. The molecule has 0 saturated carbocycles. The summed E-state index contributed by atoms with van der Waals surface area (Å²) >= 11 is 6.06. The maximum absolute atomic E-state index is 13.3. The van der Waals surface area contributed by atoms with Gasteiger partial charge in [-0.3, -0.25) is 4.79 Å². The SMILES string of the molecule is CCOC(=O)C1(NC(=O)Cc2ccc(OC3Cc4ccccc4C3)cc2)Cc2ccc(-c3ccc(Cl)cc3)cc2C1. The third kappa shape index (κ3) is 5.86. The van der Waals surface area contributed by atoms with Crippen molar-refractivity contribution in [2.75, 3.05) is 6.61 Å². The van der Waals surface area contributed by atoms with Crippen LogP contribution in [0, 0.1) is 0 Å². The summed E-state index contributed by atoms with van der Waals surface area (Å²) < 4.78 is 11.7. The Morgan fingerprint density at radius 1 is 0.829 bits per heavy atom. The minimum Gasteiger partial charge on any atom is -0.490 e. The molecule has 6 rings (SSSR count). The van der Waals surface area contributed by atoms with Crippen LogP contribution in [-0.4, -0.2) is 30.1 Å². The van der Waals surface area contributed by atoms with E-state index in [2.05, 4.69) is 35.6 Å². The van der Waals surface area contributed by atoms with Gasteiger partial charge in [0.15, 0.2) is 0 Å². The number of nitrogens with one attached hydrogen (secondary N) is 1. The van der Waals surface area contributed by atoms with Crippen molar-refractivity contribution in [2.24, 2.45) is 0 Å². The summed E-state index contributed by atoms with van der Waals surface area (Å²) in [5.41, 5.74) is 6.55. The van der Waals surface area contributed by atoms with E-state index in [1.807, 2.05) is 60.7 Å². The number of hydrogen-bond acceptors (Lipinski definition) is 4. The molecule has 0 aromatic heterocycles. The van der Waals surface area contributed by atoms with Gasteiger partial charge in [-0.2, -0.15) is 0 Å². The molecule has 6 heteroatoms. The molecule has 0 saturated heterocycles. The zero-order valence-corrected chi connectivity index (χ0v) is 23.7. The minimum absolute atomic E-state index is 0.121. The van der Waals surface area contributed by atoms with E-state index in [9.17, 15) is 9.59 Å². The Morgan fingerprint density at radius 3 is 2.17 bits per heavy atom. The highest BCUT2D eigenvalue weighted by Gasteiger charge is 2.46. The van der Waals surface area contributed by atoms with Gasteiger partial charge in [0.2, 0.25) is 5.91 Å². The molecular weight excluding hydrogens is 534 g/mol. The lowest BCUT2D eigenvalue weighted by atomic mass is 9.95. The van der Waals surface area contributed by atoms with Gasteiger partial charge in [-0.15, -0.1) is 0 Å². The predicted molar refractivity (Wildman–Crippen MR) is 160 cm³/mol. The molecule has 0 radical (unpaired) electrons. The summed E-state index contributed by atoms with van der Waals surface area (Å²) in [5.74, 6) is 0.167. The largest absolute Gasteiger partial charge is 0.490 e. The number of rotatable bonds is 8. The first-order valence-corrected chi connectivity index (χ1v) is 14.5. The molecule has 0 spiro atoms. The van der Waals surface area contributed by atoms with Crippen LogP contribution < -0.4 is 10.1 Å². The molecule has 0 fully saturated rings. The number of halogens is 1. The second-order valence-corrected chi connectivity index (χ2v) is 11.4. The molecule has 1 atom stereocenters. The predicted octanol–water partition coefficient (Wildman–Crippen LogP) is 6.31. The molecule has 1 unspecified atom stereocenters. The van der Waals surface area contributed by atoms with Crippen molar-refractivity contribution in [1.29, 1.82) is 0 Å². The Hall–Kier alpha value is -4.09. The lowest BCUT2D eigenvalue weighted by Gasteiger charge is -2.28. The quantitative estimate of drug-likeness (QED) is 0.254. The fourth-order valence-corrected chi connectivity index (χ4v) is 6.15. The van der Waals surface area contributed by atoms with E-state index in [0.717, 1.165) is 46.4 Å². The van der Waals surface area contributed by atoms with Gasteiger partial charge in [0.1, 0.15) is 17.4 Å². The zero-order chi connectivity index (χ0) is 28.4. The van der Waals surface area contributed by atoms with Crippen molar-refractivity contribution in [1.82, 2.24) is 5.32 Å². The van der Waals surface area contributed by atoms with E-state index in [4.69, 9.17) is 21.1 Å². The Morgan fingerprint density at radius 2 is 1.49 bits per heavy atom. The van der Waals surface area contributed by atoms with Gasteiger partial charge < -0.3 is 14.8 Å².